The third-order valence-electron chi connectivity index (χ3n) is 4.22. The molecule has 0 aliphatic carbocycles. The van der Waals surface area contributed by atoms with Crippen LogP contribution in [0.15, 0.2) is 0 Å². The minimum atomic E-state index is -5.11. The van der Waals surface area contributed by atoms with Crippen molar-refractivity contribution in [3.63, 3.8) is 0 Å². The van der Waals surface area contributed by atoms with Crippen LogP contribution in [0.4, 0.5) is 0 Å². The molecule has 30 heavy (non-hydrogen) atoms. The SMILES string of the molecule is CC(C(=O)[O-])N(CCN(CCN(CC(=O)[O-])C(C)C(=O)[O-])CP(=O)([O-])[O-])CC(=O)[O-]. The summed E-state index contributed by atoms with van der Waals surface area (Å²) in [6.45, 7) is -0.604. The van der Waals surface area contributed by atoms with Crippen molar-refractivity contribution in [1.29, 1.82) is 0 Å². The summed E-state index contributed by atoms with van der Waals surface area (Å²) in [6, 6.07) is -2.74. The van der Waals surface area contributed by atoms with E-state index in [0.29, 0.717) is 0 Å². The summed E-state index contributed by atoms with van der Waals surface area (Å²) in [5, 5.41) is 43.6. The summed E-state index contributed by atoms with van der Waals surface area (Å²) in [5.41, 5.74) is 0. The Morgan fingerprint density at radius 3 is 1.30 bits per heavy atom. The third-order valence-corrected chi connectivity index (χ3v) is 4.97. The van der Waals surface area contributed by atoms with Crippen molar-refractivity contribution in [3.05, 3.63) is 0 Å². The van der Waals surface area contributed by atoms with Gasteiger partial charge in [0.2, 0.25) is 0 Å². The zero-order valence-electron chi connectivity index (χ0n) is 16.4. The van der Waals surface area contributed by atoms with Crippen LogP contribution >= 0.6 is 7.60 Å². The summed E-state index contributed by atoms with van der Waals surface area (Å²) in [4.78, 5) is 68.7. The van der Waals surface area contributed by atoms with Crippen molar-refractivity contribution in [2.75, 3.05) is 45.6 Å². The van der Waals surface area contributed by atoms with Crippen LogP contribution < -0.4 is 30.2 Å². The second-order valence-electron chi connectivity index (χ2n) is 6.55. The Kier molecular flexibility index (Phi) is 11.7. The molecular weight excluding hydrogens is 429 g/mol. The van der Waals surface area contributed by atoms with E-state index in [2.05, 4.69) is 0 Å². The van der Waals surface area contributed by atoms with Crippen LogP contribution in [0.2, 0.25) is 0 Å². The van der Waals surface area contributed by atoms with Crippen LogP contribution in [0, 0.1) is 0 Å². The number of hydrogen-bond acceptors (Lipinski definition) is 14. The summed E-state index contributed by atoms with van der Waals surface area (Å²) < 4.78 is 11.2. The number of aliphatic carboxylic acids is 4. The van der Waals surface area contributed by atoms with Crippen molar-refractivity contribution >= 4 is 31.5 Å². The lowest BCUT2D eigenvalue weighted by Crippen LogP contribution is -2.54. The second-order valence-corrected chi connectivity index (χ2v) is 8.05. The standard InChI is InChI=1S/C15H28N3O11P/c1-10(14(23)24)17(7-12(19)20)5-3-16(9-30(27,28)29)4-6-18(8-13(21)22)11(2)15(25)26/h10-11H,3-9H2,1-2H3,(H,19,20)(H,21,22)(H,23,24)(H,25,26)(H2,27,28,29)/p-6. The van der Waals surface area contributed by atoms with Gasteiger partial charge in [-0.05, 0) is 13.8 Å². The molecule has 0 aromatic carbocycles. The molecule has 0 spiro atoms. The Hall–Kier alpha value is -2.09. The second kappa shape index (κ2) is 12.6. The van der Waals surface area contributed by atoms with Gasteiger partial charge in [0.25, 0.3) is 0 Å². The fraction of sp³-hybridized carbons (Fsp3) is 0.733. The van der Waals surface area contributed by atoms with E-state index in [1.807, 2.05) is 0 Å². The first-order valence-corrected chi connectivity index (χ1v) is 10.4. The molecule has 2 atom stereocenters. The van der Waals surface area contributed by atoms with Crippen molar-refractivity contribution in [1.82, 2.24) is 14.7 Å². The molecular formula is C15H22N3O11P-6. The molecule has 0 rings (SSSR count). The maximum Gasteiger partial charge on any atom is 0.0583 e. The monoisotopic (exact) mass is 451 g/mol. The van der Waals surface area contributed by atoms with E-state index in [9.17, 15) is 54.0 Å². The maximum atomic E-state index is 11.2. The fourth-order valence-corrected chi connectivity index (χ4v) is 3.26. The molecule has 14 nitrogen and oxygen atoms in total. The summed E-state index contributed by atoms with van der Waals surface area (Å²) in [6.07, 6.45) is -1.04. The lowest BCUT2D eigenvalue weighted by Gasteiger charge is -2.39. The minimum absolute atomic E-state index is 0.307. The molecule has 0 saturated carbocycles. The number of hydrogen-bond donors (Lipinski definition) is 0. The van der Waals surface area contributed by atoms with Gasteiger partial charge in [-0.2, -0.15) is 0 Å². The van der Waals surface area contributed by atoms with E-state index in [1.54, 1.807) is 0 Å². The molecule has 0 heterocycles. The highest BCUT2D eigenvalue weighted by molar-refractivity contribution is 7.48. The fourth-order valence-electron chi connectivity index (χ4n) is 2.49. The van der Waals surface area contributed by atoms with Gasteiger partial charge in [-0.15, -0.1) is 0 Å². The predicted octanol–water partition coefficient (Wildman–Crippen LogP) is -8.46. The summed E-state index contributed by atoms with van der Waals surface area (Å²) >= 11 is 0. The van der Waals surface area contributed by atoms with Crippen LogP contribution in [-0.4, -0.2) is 96.2 Å². The van der Waals surface area contributed by atoms with Crippen molar-refractivity contribution in [2.24, 2.45) is 0 Å². The minimum Gasteiger partial charge on any atom is -0.810 e. The smallest absolute Gasteiger partial charge is 0.0583 e. The Balaban J connectivity index is 5.31. The van der Waals surface area contributed by atoms with Crippen molar-refractivity contribution in [3.8, 4) is 0 Å². The first-order valence-electron chi connectivity index (χ1n) is 8.67. The van der Waals surface area contributed by atoms with Crippen LogP contribution in [0.3, 0.4) is 0 Å². The van der Waals surface area contributed by atoms with Crippen molar-refractivity contribution in [2.45, 2.75) is 25.9 Å². The van der Waals surface area contributed by atoms with E-state index >= 15 is 0 Å². The summed E-state index contributed by atoms with van der Waals surface area (Å²) in [7, 11) is -5.11. The molecule has 0 radical (unpaired) electrons. The average molecular weight is 451 g/mol. The molecule has 0 N–H and O–H groups in total. The highest BCUT2D eigenvalue weighted by atomic mass is 31.2. The number of carboxylic acids is 4. The first-order chi connectivity index (χ1) is 13.6. The van der Waals surface area contributed by atoms with Gasteiger partial charge in [0, 0.05) is 57.6 Å². The third kappa shape index (κ3) is 11.8. The van der Waals surface area contributed by atoms with Gasteiger partial charge >= 0.3 is 0 Å². The zero-order valence-corrected chi connectivity index (χ0v) is 17.3. The number of rotatable bonds is 16. The Morgan fingerprint density at radius 2 is 1.07 bits per heavy atom. The number of carboxylic acid groups (broad SMARTS) is 4. The van der Waals surface area contributed by atoms with Gasteiger partial charge in [-0.1, -0.05) is 7.60 Å². The van der Waals surface area contributed by atoms with Crippen LogP contribution in [-0.2, 0) is 23.7 Å². The lowest BCUT2D eigenvalue weighted by molar-refractivity contribution is -0.318. The van der Waals surface area contributed by atoms with Gasteiger partial charge in [0.1, 0.15) is 0 Å². The van der Waals surface area contributed by atoms with Gasteiger partial charge in [0.05, 0.1) is 23.9 Å². The van der Waals surface area contributed by atoms with Crippen LogP contribution in [0.1, 0.15) is 13.8 Å². The normalized spacial score (nSPS) is 14.1. The predicted molar refractivity (Wildman–Crippen MR) is 86.1 cm³/mol. The van der Waals surface area contributed by atoms with Gasteiger partial charge < -0.3 is 54.0 Å². The molecule has 0 bridgehead atoms. The molecule has 0 aromatic rings. The Morgan fingerprint density at radius 1 is 0.733 bits per heavy atom. The molecule has 0 amide bonds. The highest BCUT2D eigenvalue weighted by Gasteiger charge is 2.19. The molecule has 0 aliphatic heterocycles. The quantitative estimate of drug-likeness (QED) is 0.198. The Bertz CT molecular complexity index is 624. The number of carbonyl (C=O) groups is 4. The zero-order chi connectivity index (χ0) is 23.6. The summed E-state index contributed by atoms with van der Waals surface area (Å²) in [5.74, 6) is -6.39. The highest BCUT2D eigenvalue weighted by Crippen LogP contribution is 2.24. The van der Waals surface area contributed by atoms with Gasteiger partial charge in [-0.25, -0.2) is 0 Å². The molecule has 2 unspecified atom stereocenters. The van der Waals surface area contributed by atoms with E-state index in [0.717, 1.165) is 28.5 Å². The van der Waals surface area contributed by atoms with E-state index < -0.39 is 62.9 Å². The van der Waals surface area contributed by atoms with Gasteiger partial charge in [-0.3, -0.25) is 14.7 Å². The van der Waals surface area contributed by atoms with Gasteiger partial charge in [0.15, 0.2) is 0 Å². The lowest BCUT2D eigenvalue weighted by atomic mass is 10.2. The van der Waals surface area contributed by atoms with E-state index in [4.69, 9.17) is 0 Å². The Labute approximate surface area is 172 Å². The van der Waals surface area contributed by atoms with Crippen LogP contribution in [0.25, 0.3) is 0 Å². The largest absolute Gasteiger partial charge is 0.810 e. The molecule has 15 heteroatoms. The molecule has 174 valence electrons. The number of carbonyl (C=O) groups excluding carboxylic acids is 4. The van der Waals surface area contributed by atoms with Crippen LogP contribution in [0.5, 0.6) is 0 Å². The van der Waals surface area contributed by atoms with Crippen molar-refractivity contribution < 1.29 is 54.0 Å². The first kappa shape index (κ1) is 27.9. The average Bonchev–Trinajstić information content (AvgIpc) is 2.58. The topological polar surface area (TPSA) is 233 Å². The molecule has 0 fully saturated rings. The number of nitrogens with zero attached hydrogens (tertiary/aromatic N) is 3. The van der Waals surface area contributed by atoms with E-state index in [1.165, 1.54) is 0 Å². The maximum absolute atomic E-state index is 11.2. The molecule has 0 aliphatic rings. The molecule has 0 saturated heterocycles. The van der Waals surface area contributed by atoms with E-state index in [-0.39, 0.29) is 26.2 Å². The molecule has 0 aromatic heterocycles.